The molecule has 5 heteroatoms. The standard InChI is InChI=1S/C48H32BNO2Si/c1-4-16-34(17-5-1)53(35-18-6-2-7-19-35,36-20-8-3-9-21-36)37-31-41-40-24-12-15-27-45(40)52-49-42-30-33(28-29-46(42)51-47(32-37)48(41)49)50-43-25-13-10-22-38(43)39-23-11-14-26-44(39)50/h1-32H/i1D,2D,3D,4D,5D,6D,7D,8D,9D,10D,11D,12D,13D,14D,15D,16D,17D,18D,19D,20D,21D,22D,23D,24D,25D,26D,27D,28D,29D,30D,31D,32D. The molecule has 11 rings (SSSR count). The van der Waals surface area contributed by atoms with E-state index in [-0.39, 0.29) is 0 Å². The van der Waals surface area contributed by atoms with E-state index in [4.69, 9.17) is 35.4 Å². The molecule has 0 radical (unpaired) electrons. The molecular formula is C48H32BNO2Si. The SMILES string of the molecule is [2H]c1c([2H])c([2H])c([Si](c2c([2H])c([2H])c([2H])c([2H])c2[2H])(c2c([2H])c([2H])c([2H])c([2H])c2[2H])c2c([2H])c3c4c(c2[2H])-c2c([2H])c([2H])c([2H])c([2H])c2OB4c2c([2H])c(-n4c5c([2H])c([2H])c([2H])c([2H])c5c5c([2H])c([2H])c([2H])c([2H])c54)c([2H])c([2H])c2O3)c([2H])c1[2H]. The number of rotatable bonds is 5. The number of para-hydroxylation sites is 3. The van der Waals surface area contributed by atoms with Crippen LogP contribution in [0.3, 0.4) is 0 Å². The fraction of sp³-hybridized carbons (Fsp3) is 0. The van der Waals surface area contributed by atoms with E-state index in [2.05, 4.69) is 0 Å². The lowest BCUT2D eigenvalue weighted by atomic mass is 9.51. The molecule has 2 aliphatic rings. The Labute approximate surface area is 354 Å². The van der Waals surface area contributed by atoms with Crippen LogP contribution in [0.1, 0.15) is 43.9 Å². The fourth-order valence-corrected chi connectivity index (χ4v) is 10.4. The van der Waals surface area contributed by atoms with E-state index in [1.165, 1.54) is 0 Å². The van der Waals surface area contributed by atoms with Crippen LogP contribution in [0.5, 0.6) is 17.2 Å². The third-order valence-corrected chi connectivity index (χ3v) is 12.9. The van der Waals surface area contributed by atoms with Gasteiger partial charge in [-0.1, -0.05) is 151 Å². The van der Waals surface area contributed by atoms with Gasteiger partial charge in [0.05, 0.1) is 54.9 Å². The number of benzene rings is 8. The Bertz CT molecular complexity index is 4390. The predicted molar refractivity (Wildman–Crippen MR) is 222 cm³/mol. The van der Waals surface area contributed by atoms with Crippen LogP contribution in [0.25, 0.3) is 38.6 Å². The molecule has 0 bridgehead atoms. The van der Waals surface area contributed by atoms with Gasteiger partial charge >= 0.3 is 6.92 Å². The first-order valence-corrected chi connectivity index (χ1v) is 17.6. The number of hydrogen-bond donors (Lipinski definition) is 0. The molecule has 53 heavy (non-hydrogen) atoms. The second-order valence-corrected chi connectivity index (χ2v) is 15.0. The average Bonchev–Trinajstić information content (AvgIpc) is 0.944. The normalized spacial score (nSPS) is 21.2. The van der Waals surface area contributed by atoms with Gasteiger partial charge in [0.15, 0.2) is 8.07 Å². The third kappa shape index (κ3) is 4.41. The maximum absolute atomic E-state index is 10.6. The molecule has 3 nitrogen and oxygen atoms in total. The third-order valence-electron chi connectivity index (χ3n) is 8.92. The predicted octanol–water partition coefficient (Wildman–Crippen LogP) is 7.43. The zero-order valence-electron chi connectivity index (χ0n) is 58.3. The van der Waals surface area contributed by atoms with Gasteiger partial charge in [0.1, 0.15) is 17.2 Å². The van der Waals surface area contributed by atoms with Crippen molar-refractivity contribution in [3.8, 4) is 34.1 Å². The largest absolute Gasteiger partial charge is 0.551 e. The molecule has 8 aromatic carbocycles. The minimum atomic E-state index is -6.49. The minimum absolute atomic E-state index is 0.506. The molecule has 9 aromatic rings. The summed E-state index contributed by atoms with van der Waals surface area (Å²) in [6.07, 6.45) is 0. The van der Waals surface area contributed by atoms with E-state index in [1.807, 2.05) is 0 Å². The zero-order chi connectivity index (χ0) is 62.8. The van der Waals surface area contributed by atoms with Gasteiger partial charge in [-0.15, -0.1) is 0 Å². The van der Waals surface area contributed by atoms with Crippen molar-refractivity contribution in [2.24, 2.45) is 0 Å². The molecule has 248 valence electrons. The molecule has 0 N–H and O–H groups in total. The molecule has 0 spiro atoms. The van der Waals surface area contributed by atoms with Crippen molar-refractivity contribution in [2.75, 3.05) is 0 Å². The summed E-state index contributed by atoms with van der Waals surface area (Å²) in [5.74, 6) is -2.78. The maximum Gasteiger partial charge on any atom is 0.434 e. The lowest BCUT2D eigenvalue weighted by Crippen LogP contribution is -2.75. The first kappa shape index (κ1) is 12.3. The van der Waals surface area contributed by atoms with Crippen molar-refractivity contribution < 1.29 is 53.3 Å². The molecular weight excluding hydrogens is 661 g/mol. The minimum Gasteiger partial charge on any atom is -0.551 e. The van der Waals surface area contributed by atoms with Crippen LogP contribution in [-0.4, -0.2) is 19.6 Å². The molecule has 0 unspecified atom stereocenters. The highest BCUT2D eigenvalue weighted by Gasteiger charge is 2.46. The summed E-state index contributed by atoms with van der Waals surface area (Å²) in [4.78, 5) is 0. The van der Waals surface area contributed by atoms with E-state index in [9.17, 15) is 17.8 Å². The lowest BCUT2D eigenvalue weighted by Gasteiger charge is -2.38. The van der Waals surface area contributed by atoms with E-state index in [1.54, 1.807) is 0 Å². The summed E-state index contributed by atoms with van der Waals surface area (Å²) in [6.45, 7) is -2.20. The first-order chi connectivity index (χ1) is 39.6. The van der Waals surface area contributed by atoms with Crippen LogP contribution in [0.4, 0.5) is 0 Å². The summed E-state index contributed by atoms with van der Waals surface area (Å²) in [5.41, 5.74) is -5.02. The van der Waals surface area contributed by atoms with Crippen molar-refractivity contribution in [3.05, 3.63) is 193 Å². The van der Waals surface area contributed by atoms with Crippen molar-refractivity contribution >= 4 is 68.5 Å². The van der Waals surface area contributed by atoms with Crippen molar-refractivity contribution in [1.29, 1.82) is 0 Å². The number of ether oxygens (including phenoxy) is 1. The number of aromatic nitrogens is 1. The van der Waals surface area contributed by atoms with Crippen LogP contribution < -0.4 is 41.1 Å². The first-order valence-electron chi connectivity index (χ1n) is 31.6. The van der Waals surface area contributed by atoms with Gasteiger partial charge in [-0.3, -0.25) is 0 Å². The van der Waals surface area contributed by atoms with E-state index in [0.717, 1.165) is 4.57 Å². The van der Waals surface area contributed by atoms with Crippen LogP contribution >= 0.6 is 0 Å². The Morgan fingerprint density at radius 1 is 0.453 bits per heavy atom. The molecule has 0 aliphatic carbocycles. The molecule has 0 saturated carbocycles. The van der Waals surface area contributed by atoms with Crippen molar-refractivity contribution in [1.82, 2.24) is 4.57 Å². The van der Waals surface area contributed by atoms with Gasteiger partial charge in [0, 0.05) is 32.9 Å². The van der Waals surface area contributed by atoms with Gasteiger partial charge in [-0.2, -0.15) is 0 Å². The quantitative estimate of drug-likeness (QED) is 0.136. The van der Waals surface area contributed by atoms with E-state index in [0.29, 0.717) is 0 Å². The molecule has 0 amide bonds. The summed E-state index contributed by atoms with van der Waals surface area (Å²) in [6, 6.07) is -35.0. The second-order valence-electron chi connectivity index (χ2n) is 11.5. The Balaban J connectivity index is 1.42. The Kier molecular flexibility index (Phi) is 2.72. The molecule has 1 aromatic heterocycles. The van der Waals surface area contributed by atoms with Crippen LogP contribution in [0.2, 0.25) is 0 Å². The molecule has 2 aliphatic heterocycles. The number of fused-ring (bicyclic) bond motifs is 7. The summed E-state index contributed by atoms with van der Waals surface area (Å²) < 4.78 is 308. The Hall–Kier alpha value is -6.56. The van der Waals surface area contributed by atoms with Crippen LogP contribution in [0, 0.1) is 0 Å². The van der Waals surface area contributed by atoms with Crippen molar-refractivity contribution in [2.45, 2.75) is 0 Å². The van der Waals surface area contributed by atoms with Crippen LogP contribution in [0.15, 0.2) is 193 Å². The number of hydrogen-bond acceptors (Lipinski definition) is 2. The van der Waals surface area contributed by atoms with E-state index < -0.39 is 296 Å². The van der Waals surface area contributed by atoms with E-state index >= 15 is 0 Å². The van der Waals surface area contributed by atoms with Gasteiger partial charge < -0.3 is 14.0 Å². The highest BCUT2D eigenvalue weighted by Crippen LogP contribution is 2.40. The van der Waals surface area contributed by atoms with Crippen molar-refractivity contribution in [3.63, 3.8) is 0 Å². The fourth-order valence-electron chi connectivity index (χ4n) is 6.76. The summed E-state index contributed by atoms with van der Waals surface area (Å²) in [5, 5.41) is -5.64. The number of nitrogens with zero attached hydrogens (tertiary/aromatic N) is 1. The molecule has 3 heterocycles. The van der Waals surface area contributed by atoms with Gasteiger partial charge in [0.2, 0.25) is 0 Å². The highest BCUT2D eigenvalue weighted by atomic mass is 28.3. The van der Waals surface area contributed by atoms with Gasteiger partial charge in [-0.05, 0) is 68.6 Å². The summed E-state index contributed by atoms with van der Waals surface area (Å²) >= 11 is 0. The lowest BCUT2D eigenvalue weighted by molar-refractivity contribution is 0.480. The second kappa shape index (κ2) is 11.7. The maximum atomic E-state index is 10.6. The monoisotopic (exact) mass is 725 g/mol. The van der Waals surface area contributed by atoms with Crippen LogP contribution in [-0.2, 0) is 0 Å². The Morgan fingerprint density at radius 3 is 1.62 bits per heavy atom. The summed E-state index contributed by atoms with van der Waals surface area (Å²) in [7, 11) is -6.49. The topological polar surface area (TPSA) is 23.4 Å². The van der Waals surface area contributed by atoms with Gasteiger partial charge in [-0.25, -0.2) is 0 Å². The smallest absolute Gasteiger partial charge is 0.434 e. The highest BCUT2D eigenvalue weighted by molar-refractivity contribution is 7.20. The molecule has 0 fully saturated rings. The average molecular weight is 726 g/mol. The molecule has 0 atom stereocenters. The zero-order valence-corrected chi connectivity index (χ0v) is 27.3. The molecule has 0 saturated heterocycles. The van der Waals surface area contributed by atoms with Gasteiger partial charge in [0.25, 0.3) is 0 Å². The Morgan fingerprint density at radius 2 is 1.00 bits per heavy atom.